The van der Waals surface area contributed by atoms with Gasteiger partial charge in [-0.05, 0) is 36.2 Å². The molecule has 0 atom stereocenters. The predicted octanol–water partition coefficient (Wildman–Crippen LogP) is 5.23. The van der Waals surface area contributed by atoms with Gasteiger partial charge < -0.3 is 0 Å². The van der Waals surface area contributed by atoms with Gasteiger partial charge in [-0.1, -0.05) is 35.9 Å². The first kappa shape index (κ1) is 14.6. The Morgan fingerprint density at radius 2 is 1.75 bits per heavy atom. The van der Waals surface area contributed by atoms with Crippen molar-refractivity contribution in [3.05, 3.63) is 58.6 Å². The molecule has 0 aliphatic heterocycles. The molecule has 20 heavy (non-hydrogen) atoms. The molecule has 0 saturated carbocycles. The maximum absolute atomic E-state index is 12.7. The highest BCUT2D eigenvalue weighted by Crippen LogP contribution is 2.34. The summed E-state index contributed by atoms with van der Waals surface area (Å²) < 4.78 is 38.2. The number of carbonyl (C=O) groups excluding carboxylic acids is 1. The minimum absolute atomic E-state index is 0.229. The molecule has 0 aliphatic carbocycles. The van der Waals surface area contributed by atoms with Crippen LogP contribution in [-0.2, 0) is 6.18 Å². The lowest BCUT2D eigenvalue weighted by Crippen LogP contribution is -2.05. The van der Waals surface area contributed by atoms with Gasteiger partial charge >= 0.3 is 6.18 Å². The summed E-state index contributed by atoms with van der Waals surface area (Å²) in [7, 11) is 0. The quantitative estimate of drug-likeness (QED) is 0.694. The van der Waals surface area contributed by atoms with Crippen LogP contribution in [0, 0.1) is 0 Å². The number of benzene rings is 2. The molecule has 2 aromatic carbocycles. The summed E-state index contributed by atoms with van der Waals surface area (Å²) in [4.78, 5) is 11.6. The van der Waals surface area contributed by atoms with Gasteiger partial charge in [0.15, 0.2) is 5.78 Å². The Hall–Kier alpha value is -1.81. The van der Waals surface area contributed by atoms with E-state index in [2.05, 4.69) is 0 Å². The summed E-state index contributed by atoms with van der Waals surface area (Å²) in [6.45, 7) is 1.33. The van der Waals surface area contributed by atoms with Crippen LogP contribution in [0.3, 0.4) is 0 Å². The number of hydrogen-bond donors (Lipinski definition) is 0. The third kappa shape index (κ3) is 2.85. The lowest BCUT2D eigenvalue weighted by molar-refractivity contribution is -0.137. The van der Waals surface area contributed by atoms with Gasteiger partial charge in [0.25, 0.3) is 0 Å². The molecule has 2 aromatic rings. The number of alkyl halides is 3. The summed E-state index contributed by atoms with van der Waals surface area (Å²) in [6.07, 6.45) is -4.43. The van der Waals surface area contributed by atoms with Crippen molar-refractivity contribution in [3.63, 3.8) is 0 Å². The average molecular weight is 299 g/mol. The van der Waals surface area contributed by atoms with Crippen LogP contribution in [0.2, 0.25) is 5.02 Å². The van der Waals surface area contributed by atoms with Gasteiger partial charge in [-0.2, -0.15) is 13.2 Å². The highest BCUT2D eigenvalue weighted by atomic mass is 35.5. The van der Waals surface area contributed by atoms with Crippen molar-refractivity contribution in [1.82, 2.24) is 0 Å². The largest absolute Gasteiger partial charge is 0.416 e. The third-order valence-corrected chi connectivity index (χ3v) is 3.18. The Morgan fingerprint density at radius 3 is 2.35 bits per heavy atom. The Kier molecular flexibility index (Phi) is 3.86. The van der Waals surface area contributed by atoms with E-state index in [1.165, 1.54) is 25.1 Å². The van der Waals surface area contributed by atoms with Crippen LogP contribution >= 0.6 is 11.6 Å². The van der Waals surface area contributed by atoms with Gasteiger partial charge in [0.2, 0.25) is 0 Å². The first-order valence-corrected chi connectivity index (χ1v) is 6.15. The topological polar surface area (TPSA) is 17.1 Å². The Morgan fingerprint density at radius 1 is 1.10 bits per heavy atom. The van der Waals surface area contributed by atoms with E-state index in [0.717, 1.165) is 12.1 Å². The number of hydrogen-bond acceptors (Lipinski definition) is 1. The molecule has 0 N–H and O–H groups in total. The molecule has 0 bridgehead atoms. The maximum Gasteiger partial charge on any atom is 0.416 e. The maximum atomic E-state index is 12.7. The number of halogens is 4. The Labute approximate surface area is 119 Å². The normalized spacial score (nSPS) is 11.4. The van der Waals surface area contributed by atoms with Crippen molar-refractivity contribution in [2.24, 2.45) is 0 Å². The summed E-state index contributed by atoms with van der Waals surface area (Å²) in [5, 5.41) is 0.229. The molecular weight excluding hydrogens is 289 g/mol. The Balaban J connectivity index is 2.64. The van der Waals surface area contributed by atoms with Gasteiger partial charge in [0, 0.05) is 5.56 Å². The van der Waals surface area contributed by atoms with Crippen LogP contribution in [0.4, 0.5) is 13.2 Å². The van der Waals surface area contributed by atoms with Crippen LogP contribution in [-0.4, -0.2) is 5.78 Å². The average Bonchev–Trinajstić information content (AvgIpc) is 2.37. The first-order valence-electron chi connectivity index (χ1n) is 5.78. The van der Waals surface area contributed by atoms with E-state index in [1.54, 1.807) is 12.1 Å². The molecular formula is C15H10ClF3O. The molecule has 104 valence electrons. The predicted molar refractivity (Wildman–Crippen MR) is 71.9 cm³/mol. The lowest BCUT2D eigenvalue weighted by Gasteiger charge is -2.12. The van der Waals surface area contributed by atoms with Gasteiger partial charge in [0.1, 0.15) is 0 Å². The zero-order valence-electron chi connectivity index (χ0n) is 10.5. The van der Waals surface area contributed by atoms with Crippen molar-refractivity contribution in [2.75, 3.05) is 0 Å². The highest BCUT2D eigenvalue weighted by molar-refractivity contribution is 6.34. The SMILES string of the molecule is CC(=O)c1c(Cl)cccc1-c1cccc(C(F)(F)F)c1. The number of carbonyl (C=O) groups is 1. The number of rotatable bonds is 2. The highest BCUT2D eigenvalue weighted by Gasteiger charge is 2.30. The van der Waals surface area contributed by atoms with E-state index in [-0.39, 0.29) is 16.4 Å². The van der Waals surface area contributed by atoms with E-state index in [4.69, 9.17) is 11.6 Å². The minimum Gasteiger partial charge on any atom is -0.294 e. The molecule has 0 amide bonds. The first-order chi connectivity index (χ1) is 9.30. The van der Waals surface area contributed by atoms with Gasteiger partial charge in [0.05, 0.1) is 10.6 Å². The van der Waals surface area contributed by atoms with Crippen molar-refractivity contribution in [1.29, 1.82) is 0 Å². The van der Waals surface area contributed by atoms with E-state index in [0.29, 0.717) is 11.1 Å². The lowest BCUT2D eigenvalue weighted by atomic mass is 9.96. The van der Waals surface area contributed by atoms with Gasteiger partial charge in [-0.3, -0.25) is 4.79 Å². The second-order valence-electron chi connectivity index (χ2n) is 4.30. The molecule has 1 nitrogen and oxygen atoms in total. The van der Waals surface area contributed by atoms with Crippen molar-refractivity contribution in [2.45, 2.75) is 13.1 Å². The number of ketones is 1. The Bertz CT molecular complexity index is 662. The van der Waals surface area contributed by atoms with Crippen molar-refractivity contribution in [3.8, 4) is 11.1 Å². The molecule has 0 aliphatic rings. The summed E-state index contributed by atoms with van der Waals surface area (Å²) in [5.74, 6) is -0.289. The van der Waals surface area contributed by atoms with Gasteiger partial charge in [-0.15, -0.1) is 0 Å². The summed E-state index contributed by atoms with van der Waals surface area (Å²) >= 11 is 5.96. The smallest absolute Gasteiger partial charge is 0.294 e. The molecule has 0 heterocycles. The minimum atomic E-state index is -4.43. The van der Waals surface area contributed by atoms with Crippen LogP contribution in [0.25, 0.3) is 11.1 Å². The molecule has 0 spiro atoms. The molecule has 0 fully saturated rings. The van der Waals surface area contributed by atoms with Crippen molar-refractivity contribution < 1.29 is 18.0 Å². The molecule has 0 unspecified atom stereocenters. The molecule has 0 saturated heterocycles. The van der Waals surface area contributed by atoms with E-state index < -0.39 is 11.7 Å². The molecule has 0 radical (unpaired) electrons. The fourth-order valence-electron chi connectivity index (χ4n) is 1.99. The van der Waals surface area contributed by atoms with Gasteiger partial charge in [-0.25, -0.2) is 0 Å². The number of Topliss-reactive ketones (excluding diaryl/α,β-unsaturated/α-hetero) is 1. The monoisotopic (exact) mass is 298 g/mol. The second kappa shape index (κ2) is 5.29. The molecule has 5 heteroatoms. The van der Waals surface area contributed by atoms with E-state index in [1.807, 2.05) is 0 Å². The standard InChI is InChI=1S/C15H10ClF3O/c1-9(20)14-12(6-3-7-13(14)16)10-4-2-5-11(8-10)15(17,18)19/h2-8H,1H3. The zero-order valence-corrected chi connectivity index (χ0v) is 11.2. The fraction of sp³-hybridized carbons (Fsp3) is 0.133. The molecule has 0 aromatic heterocycles. The zero-order chi connectivity index (χ0) is 14.9. The van der Waals surface area contributed by atoms with Crippen molar-refractivity contribution >= 4 is 17.4 Å². The fourth-order valence-corrected chi connectivity index (χ4v) is 2.29. The van der Waals surface area contributed by atoms with Crippen LogP contribution < -0.4 is 0 Å². The second-order valence-corrected chi connectivity index (χ2v) is 4.70. The summed E-state index contributed by atoms with van der Waals surface area (Å²) in [6, 6.07) is 9.55. The van der Waals surface area contributed by atoms with Crippen LogP contribution in [0.1, 0.15) is 22.8 Å². The van der Waals surface area contributed by atoms with E-state index >= 15 is 0 Å². The molecule has 2 rings (SSSR count). The van der Waals surface area contributed by atoms with E-state index in [9.17, 15) is 18.0 Å². The summed E-state index contributed by atoms with van der Waals surface area (Å²) in [5.41, 5.74) is 0.182. The van der Waals surface area contributed by atoms with Crippen LogP contribution in [0.15, 0.2) is 42.5 Å². The van der Waals surface area contributed by atoms with Crippen LogP contribution in [0.5, 0.6) is 0 Å². The third-order valence-electron chi connectivity index (χ3n) is 2.87.